The van der Waals surface area contributed by atoms with Crippen molar-refractivity contribution in [1.29, 1.82) is 0 Å². The van der Waals surface area contributed by atoms with E-state index in [1.54, 1.807) is 26.2 Å². The number of ketones is 1. The smallest absolute Gasteiger partial charge is 0.160 e. The van der Waals surface area contributed by atoms with Crippen molar-refractivity contribution >= 4 is 5.78 Å². The van der Waals surface area contributed by atoms with Crippen molar-refractivity contribution in [2.75, 3.05) is 7.11 Å². The lowest BCUT2D eigenvalue weighted by atomic mass is 10.1. The number of hydrogen-bond donors (Lipinski definition) is 0. The minimum absolute atomic E-state index is 0.0927. The Morgan fingerprint density at radius 3 is 2.21 bits per heavy atom. The predicted octanol–water partition coefficient (Wildman–Crippen LogP) is 3.23. The average Bonchev–Trinajstić information content (AvgIpc) is 2.20. The summed E-state index contributed by atoms with van der Waals surface area (Å²) in [5.74, 6) is 0.882. The van der Waals surface area contributed by atoms with Crippen molar-refractivity contribution in [2.24, 2.45) is 0 Å². The summed E-state index contributed by atoms with van der Waals surface area (Å²) in [7, 11) is 1.61. The van der Waals surface area contributed by atoms with Gasteiger partial charge in [-0.25, -0.2) is 0 Å². The molecule has 1 rings (SSSR count). The molecule has 14 heavy (non-hydrogen) atoms. The standard InChI is InChI=1S/C10H12O2.C2H6/c1-7-6-9(12-3)4-5-10(7)8(2)11;1-2/h4-6H,1-3H3;1-2H3. The van der Waals surface area contributed by atoms with Gasteiger partial charge in [-0.05, 0) is 37.6 Å². The van der Waals surface area contributed by atoms with Crippen molar-refractivity contribution in [3.63, 3.8) is 0 Å². The van der Waals surface area contributed by atoms with Gasteiger partial charge in [0.2, 0.25) is 0 Å². The first-order valence-electron chi connectivity index (χ1n) is 4.80. The number of ether oxygens (including phenoxy) is 1. The molecule has 2 nitrogen and oxygen atoms in total. The third-order valence-corrected chi connectivity index (χ3v) is 1.81. The zero-order chi connectivity index (χ0) is 11.1. The molecular formula is C12H18O2. The van der Waals surface area contributed by atoms with Gasteiger partial charge < -0.3 is 4.74 Å². The Kier molecular flexibility index (Phi) is 5.61. The first-order chi connectivity index (χ1) is 6.65. The summed E-state index contributed by atoms with van der Waals surface area (Å²) in [4.78, 5) is 11.0. The molecule has 0 saturated heterocycles. The van der Waals surface area contributed by atoms with Crippen LogP contribution in [-0.2, 0) is 0 Å². The maximum Gasteiger partial charge on any atom is 0.160 e. The summed E-state index contributed by atoms with van der Waals surface area (Å²) in [6, 6.07) is 5.44. The zero-order valence-corrected chi connectivity index (χ0v) is 9.55. The Morgan fingerprint density at radius 1 is 1.29 bits per heavy atom. The lowest BCUT2D eigenvalue weighted by molar-refractivity contribution is 0.101. The molecule has 0 spiro atoms. The molecule has 0 fully saturated rings. The number of benzene rings is 1. The zero-order valence-electron chi connectivity index (χ0n) is 9.55. The van der Waals surface area contributed by atoms with Crippen LogP contribution in [0.5, 0.6) is 5.75 Å². The van der Waals surface area contributed by atoms with Crippen LogP contribution in [0.2, 0.25) is 0 Å². The summed E-state index contributed by atoms with van der Waals surface area (Å²) in [5.41, 5.74) is 1.72. The highest BCUT2D eigenvalue weighted by Gasteiger charge is 2.03. The lowest BCUT2D eigenvalue weighted by Crippen LogP contribution is -1.96. The summed E-state index contributed by atoms with van der Waals surface area (Å²) in [6.45, 7) is 7.47. The van der Waals surface area contributed by atoms with Gasteiger partial charge in [-0.1, -0.05) is 13.8 Å². The molecule has 1 aromatic rings. The van der Waals surface area contributed by atoms with Crippen molar-refractivity contribution in [2.45, 2.75) is 27.7 Å². The van der Waals surface area contributed by atoms with Gasteiger partial charge in [0, 0.05) is 5.56 Å². The first kappa shape index (κ1) is 12.7. The van der Waals surface area contributed by atoms with Gasteiger partial charge in [-0.3, -0.25) is 4.79 Å². The van der Waals surface area contributed by atoms with E-state index in [0.717, 1.165) is 16.9 Å². The highest BCUT2D eigenvalue weighted by Crippen LogP contribution is 2.16. The molecule has 2 heteroatoms. The fourth-order valence-corrected chi connectivity index (χ4v) is 1.16. The molecule has 0 unspecified atom stereocenters. The summed E-state index contributed by atoms with van der Waals surface area (Å²) in [6.07, 6.45) is 0. The Balaban J connectivity index is 0.000000791. The van der Waals surface area contributed by atoms with Crippen LogP contribution in [0.25, 0.3) is 0 Å². The molecule has 0 radical (unpaired) electrons. The molecule has 0 saturated carbocycles. The van der Waals surface area contributed by atoms with Crippen LogP contribution >= 0.6 is 0 Å². The van der Waals surface area contributed by atoms with E-state index < -0.39 is 0 Å². The molecule has 0 aliphatic rings. The van der Waals surface area contributed by atoms with Crippen LogP contribution < -0.4 is 4.74 Å². The lowest BCUT2D eigenvalue weighted by Gasteiger charge is -2.04. The van der Waals surface area contributed by atoms with E-state index in [0.29, 0.717) is 0 Å². The van der Waals surface area contributed by atoms with Crippen molar-refractivity contribution in [3.8, 4) is 5.75 Å². The molecule has 0 aliphatic heterocycles. The second-order valence-electron chi connectivity index (χ2n) is 2.74. The van der Waals surface area contributed by atoms with E-state index in [1.165, 1.54) is 0 Å². The van der Waals surface area contributed by atoms with E-state index >= 15 is 0 Å². The van der Waals surface area contributed by atoms with Gasteiger partial charge in [-0.15, -0.1) is 0 Å². The topological polar surface area (TPSA) is 26.3 Å². The van der Waals surface area contributed by atoms with Gasteiger partial charge in [0.05, 0.1) is 7.11 Å². The van der Waals surface area contributed by atoms with E-state index in [9.17, 15) is 4.79 Å². The van der Waals surface area contributed by atoms with E-state index in [4.69, 9.17) is 4.74 Å². The quantitative estimate of drug-likeness (QED) is 0.675. The number of carbonyl (C=O) groups excluding carboxylic acids is 1. The number of rotatable bonds is 2. The van der Waals surface area contributed by atoms with E-state index in [1.807, 2.05) is 26.8 Å². The van der Waals surface area contributed by atoms with Gasteiger partial charge >= 0.3 is 0 Å². The Hall–Kier alpha value is -1.31. The normalized spacial score (nSPS) is 8.64. The SMILES string of the molecule is CC.COc1ccc(C(C)=O)c(C)c1. The molecule has 0 aliphatic carbocycles. The maximum absolute atomic E-state index is 11.0. The first-order valence-corrected chi connectivity index (χ1v) is 4.80. The molecule has 78 valence electrons. The minimum Gasteiger partial charge on any atom is -0.497 e. The van der Waals surface area contributed by atoms with Gasteiger partial charge in [0.1, 0.15) is 5.75 Å². The van der Waals surface area contributed by atoms with Crippen molar-refractivity contribution in [3.05, 3.63) is 29.3 Å². The fourth-order valence-electron chi connectivity index (χ4n) is 1.16. The van der Waals surface area contributed by atoms with Gasteiger partial charge in [0.25, 0.3) is 0 Å². The summed E-state index contributed by atoms with van der Waals surface area (Å²) < 4.78 is 5.02. The van der Waals surface area contributed by atoms with E-state index in [-0.39, 0.29) is 5.78 Å². The van der Waals surface area contributed by atoms with Crippen LogP contribution in [0.4, 0.5) is 0 Å². The number of carbonyl (C=O) groups is 1. The monoisotopic (exact) mass is 194 g/mol. The van der Waals surface area contributed by atoms with Gasteiger partial charge in [-0.2, -0.15) is 0 Å². The third-order valence-electron chi connectivity index (χ3n) is 1.81. The molecule has 0 amide bonds. The molecule has 0 bridgehead atoms. The molecule has 1 aromatic carbocycles. The van der Waals surface area contributed by atoms with Crippen LogP contribution in [-0.4, -0.2) is 12.9 Å². The van der Waals surface area contributed by atoms with Crippen molar-refractivity contribution < 1.29 is 9.53 Å². The Morgan fingerprint density at radius 2 is 1.86 bits per heavy atom. The largest absolute Gasteiger partial charge is 0.497 e. The average molecular weight is 194 g/mol. The third kappa shape index (κ3) is 3.21. The van der Waals surface area contributed by atoms with Crippen LogP contribution in [0, 0.1) is 6.92 Å². The molecule has 0 atom stereocenters. The number of aryl methyl sites for hydroxylation is 1. The minimum atomic E-state index is 0.0927. The highest BCUT2D eigenvalue weighted by atomic mass is 16.5. The Bertz CT molecular complexity index is 303. The Labute approximate surface area is 85.9 Å². The van der Waals surface area contributed by atoms with E-state index in [2.05, 4.69) is 0 Å². The van der Waals surface area contributed by atoms with Crippen molar-refractivity contribution in [1.82, 2.24) is 0 Å². The number of Topliss-reactive ketones (excluding diaryl/α,β-unsaturated/α-hetero) is 1. The second-order valence-corrected chi connectivity index (χ2v) is 2.74. The number of methoxy groups -OCH3 is 1. The van der Waals surface area contributed by atoms with Gasteiger partial charge in [0.15, 0.2) is 5.78 Å². The molecule has 0 aromatic heterocycles. The predicted molar refractivity (Wildman–Crippen MR) is 59.1 cm³/mol. The maximum atomic E-state index is 11.0. The second kappa shape index (κ2) is 6.19. The number of hydrogen-bond acceptors (Lipinski definition) is 2. The molecular weight excluding hydrogens is 176 g/mol. The molecule has 0 heterocycles. The van der Waals surface area contributed by atoms with Crippen LogP contribution in [0.3, 0.4) is 0 Å². The van der Waals surface area contributed by atoms with Crippen LogP contribution in [0.1, 0.15) is 36.7 Å². The fraction of sp³-hybridized carbons (Fsp3) is 0.417. The summed E-state index contributed by atoms with van der Waals surface area (Å²) >= 11 is 0. The summed E-state index contributed by atoms with van der Waals surface area (Å²) in [5, 5.41) is 0. The molecule has 0 N–H and O–H groups in total. The van der Waals surface area contributed by atoms with Crippen LogP contribution in [0.15, 0.2) is 18.2 Å². The highest BCUT2D eigenvalue weighted by molar-refractivity contribution is 5.95.